The zero-order valence-corrected chi connectivity index (χ0v) is 13.0. The lowest BCUT2D eigenvalue weighted by Gasteiger charge is -2.21. The second kappa shape index (κ2) is 6.46. The number of nitrogens with zero attached hydrogens (tertiary/aromatic N) is 2. The summed E-state index contributed by atoms with van der Waals surface area (Å²) in [5, 5.41) is 2.53. The standard InChI is InChI=1S/C18H24N2O/c1-19-10-5-11-20(13-12-19)14-15-8-9-18(21-2)17-7-4-3-6-16(15)17/h3-4,6-9H,5,10-14H2,1-2H3. The van der Waals surface area contributed by atoms with E-state index in [1.54, 1.807) is 7.11 Å². The maximum absolute atomic E-state index is 5.49. The molecule has 3 heteroatoms. The fourth-order valence-corrected chi connectivity index (χ4v) is 3.15. The monoisotopic (exact) mass is 284 g/mol. The van der Waals surface area contributed by atoms with Gasteiger partial charge in [0.2, 0.25) is 0 Å². The third-order valence-electron chi connectivity index (χ3n) is 4.40. The average molecular weight is 284 g/mol. The average Bonchev–Trinajstić information content (AvgIpc) is 2.72. The van der Waals surface area contributed by atoms with Gasteiger partial charge in [0.1, 0.15) is 5.75 Å². The van der Waals surface area contributed by atoms with Crippen LogP contribution < -0.4 is 4.74 Å². The van der Waals surface area contributed by atoms with Gasteiger partial charge in [0.15, 0.2) is 0 Å². The molecule has 0 saturated carbocycles. The van der Waals surface area contributed by atoms with Gasteiger partial charge in [-0.3, -0.25) is 4.90 Å². The van der Waals surface area contributed by atoms with Crippen LogP contribution in [0.1, 0.15) is 12.0 Å². The molecule has 0 radical (unpaired) electrons. The molecule has 21 heavy (non-hydrogen) atoms. The SMILES string of the molecule is COc1ccc(CN2CCCN(C)CC2)c2ccccc12. The highest BCUT2D eigenvalue weighted by atomic mass is 16.5. The Balaban J connectivity index is 1.87. The summed E-state index contributed by atoms with van der Waals surface area (Å²) in [4.78, 5) is 4.99. The molecule has 0 unspecified atom stereocenters. The van der Waals surface area contributed by atoms with Crippen molar-refractivity contribution < 1.29 is 4.74 Å². The Labute approximate surface area is 127 Å². The number of benzene rings is 2. The molecule has 0 N–H and O–H groups in total. The summed E-state index contributed by atoms with van der Waals surface area (Å²) in [6, 6.07) is 12.9. The lowest BCUT2D eigenvalue weighted by atomic mass is 10.0. The predicted octanol–water partition coefficient (Wildman–Crippen LogP) is 2.99. The topological polar surface area (TPSA) is 15.7 Å². The van der Waals surface area contributed by atoms with Gasteiger partial charge in [0.25, 0.3) is 0 Å². The van der Waals surface area contributed by atoms with Crippen molar-refractivity contribution in [1.29, 1.82) is 0 Å². The first kappa shape index (κ1) is 14.4. The largest absolute Gasteiger partial charge is 0.496 e. The number of likely N-dealkylation sites (N-methyl/N-ethyl adjacent to an activating group) is 1. The number of methoxy groups -OCH3 is 1. The lowest BCUT2D eigenvalue weighted by Crippen LogP contribution is -2.28. The van der Waals surface area contributed by atoms with Crippen LogP contribution in [-0.2, 0) is 6.54 Å². The molecule has 0 amide bonds. The van der Waals surface area contributed by atoms with Crippen LogP contribution in [0.2, 0.25) is 0 Å². The minimum Gasteiger partial charge on any atom is -0.496 e. The molecule has 1 saturated heterocycles. The summed E-state index contributed by atoms with van der Waals surface area (Å²) < 4.78 is 5.49. The molecule has 2 aromatic carbocycles. The molecule has 0 spiro atoms. The molecule has 0 aliphatic carbocycles. The first-order valence-electron chi connectivity index (χ1n) is 7.73. The van der Waals surface area contributed by atoms with E-state index in [9.17, 15) is 0 Å². The van der Waals surface area contributed by atoms with E-state index < -0.39 is 0 Å². The second-order valence-electron chi connectivity index (χ2n) is 5.91. The van der Waals surface area contributed by atoms with Gasteiger partial charge in [-0.25, -0.2) is 0 Å². The molecule has 2 aromatic rings. The van der Waals surface area contributed by atoms with Gasteiger partial charge in [0.05, 0.1) is 7.11 Å². The Morgan fingerprint density at radius 2 is 1.76 bits per heavy atom. The Bertz CT molecular complexity index is 611. The van der Waals surface area contributed by atoms with Gasteiger partial charge in [-0.15, -0.1) is 0 Å². The fraction of sp³-hybridized carbons (Fsp3) is 0.444. The molecule has 1 aliphatic heterocycles. The van der Waals surface area contributed by atoms with Crippen LogP contribution in [0.3, 0.4) is 0 Å². The van der Waals surface area contributed by atoms with Crippen LogP contribution in [0.4, 0.5) is 0 Å². The number of ether oxygens (including phenoxy) is 1. The Kier molecular flexibility index (Phi) is 4.42. The minimum atomic E-state index is 0.963. The Morgan fingerprint density at radius 3 is 2.57 bits per heavy atom. The predicted molar refractivity (Wildman–Crippen MR) is 87.9 cm³/mol. The summed E-state index contributed by atoms with van der Waals surface area (Å²) >= 11 is 0. The molecule has 3 rings (SSSR count). The summed E-state index contributed by atoms with van der Waals surface area (Å²) in [6.45, 7) is 5.73. The van der Waals surface area contributed by atoms with Crippen LogP contribution >= 0.6 is 0 Å². The van der Waals surface area contributed by atoms with Crippen molar-refractivity contribution in [3.05, 3.63) is 42.0 Å². The highest BCUT2D eigenvalue weighted by Crippen LogP contribution is 2.29. The molecule has 0 aromatic heterocycles. The second-order valence-corrected chi connectivity index (χ2v) is 5.91. The number of fused-ring (bicyclic) bond motifs is 1. The molecule has 0 bridgehead atoms. The quantitative estimate of drug-likeness (QED) is 0.862. The van der Waals surface area contributed by atoms with E-state index in [-0.39, 0.29) is 0 Å². The normalized spacial score (nSPS) is 17.8. The van der Waals surface area contributed by atoms with Gasteiger partial charge in [-0.1, -0.05) is 30.3 Å². The van der Waals surface area contributed by atoms with Crippen molar-refractivity contribution >= 4 is 10.8 Å². The maximum Gasteiger partial charge on any atom is 0.126 e. The summed E-state index contributed by atoms with van der Waals surface area (Å²) in [7, 11) is 3.96. The molecular formula is C18H24N2O. The van der Waals surface area contributed by atoms with Crippen LogP contribution in [0.5, 0.6) is 5.75 Å². The molecular weight excluding hydrogens is 260 g/mol. The molecule has 1 heterocycles. The molecule has 0 atom stereocenters. The smallest absolute Gasteiger partial charge is 0.126 e. The number of hydrogen-bond acceptors (Lipinski definition) is 3. The van der Waals surface area contributed by atoms with Crippen molar-refractivity contribution in [2.45, 2.75) is 13.0 Å². The zero-order chi connectivity index (χ0) is 14.7. The van der Waals surface area contributed by atoms with Crippen LogP contribution in [0.25, 0.3) is 10.8 Å². The number of hydrogen-bond donors (Lipinski definition) is 0. The van der Waals surface area contributed by atoms with E-state index in [1.807, 2.05) is 0 Å². The van der Waals surface area contributed by atoms with E-state index in [0.29, 0.717) is 0 Å². The van der Waals surface area contributed by atoms with Crippen LogP contribution in [0, 0.1) is 0 Å². The molecule has 1 fully saturated rings. The van der Waals surface area contributed by atoms with Crippen molar-refractivity contribution in [2.75, 3.05) is 40.3 Å². The van der Waals surface area contributed by atoms with Gasteiger partial charge in [-0.05, 0) is 43.6 Å². The van der Waals surface area contributed by atoms with Crippen molar-refractivity contribution in [2.24, 2.45) is 0 Å². The zero-order valence-electron chi connectivity index (χ0n) is 13.0. The van der Waals surface area contributed by atoms with E-state index in [1.165, 1.54) is 35.8 Å². The summed E-state index contributed by atoms with van der Waals surface area (Å²) in [6.07, 6.45) is 1.25. The van der Waals surface area contributed by atoms with Crippen LogP contribution in [0.15, 0.2) is 36.4 Å². The van der Waals surface area contributed by atoms with Crippen LogP contribution in [-0.4, -0.2) is 50.1 Å². The first-order valence-corrected chi connectivity index (χ1v) is 7.73. The molecule has 1 aliphatic rings. The molecule has 3 nitrogen and oxygen atoms in total. The number of rotatable bonds is 3. The third-order valence-corrected chi connectivity index (χ3v) is 4.40. The Hall–Kier alpha value is -1.58. The van der Waals surface area contributed by atoms with E-state index in [0.717, 1.165) is 25.4 Å². The van der Waals surface area contributed by atoms with Gasteiger partial charge in [0, 0.05) is 25.0 Å². The van der Waals surface area contributed by atoms with Crippen molar-refractivity contribution in [3.8, 4) is 5.75 Å². The summed E-state index contributed by atoms with van der Waals surface area (Å²) in [5.41, 5.74) is 1.40. The van der Waals surface area contributed by atoms with Gasteiger partial charge < -0.3 is 9.64 Å². The summed E-state index contributed by atoms with van der Waals surface area (Å²) in [5.74, 6) is 0.963. The van der Waals surface area contributed by atoms with E-state index in [2.05, 4.69) is 53.2 Å². The van der Waals surface area contributed by atoms with Crippen molar-refractivity contribution in [1.82, 2.24) is 9.80 Å². The maximum atomic E-state index is 5.49. The van der Waals surface area contributed by atoms with E-state index >= 15 is 0 Å². The highest BCUT2D eigenvalue weighted by molar-refractivity contribution is 5.91. The highest BCUT2D eigenvalue weighted by Gasteiger charge is 2.14. The van der Waals surface area contributed by atoms with Gasteiger partial charge >= 0.3 is 0 Å². The lowest BCUT2D eigenvalue weighted by molar-refractivity contribution is 0.270. The van der Waals surface area contributed by atoms with Gasteiger partial charge in [-0.2, -0.15) is 0 Å². The minimum absolute atomic E-state index is 0.963. The molecule has 112 valence electrons. The van der Waals surface area contributed by atoms with E-state index in [4.69, 9.17) is 4.74 Å². The first-order chi connectivity index (χ1) is 10.3. The Morgan fingerprint density at radius 1 is 0.952 bits per heavy atom. The third kappa shape index (κ3) is 3.20. The fourth-order valence-electron chi connectivity index (χ4n) is 3.15. The van der Waals surface area contributed by atoms with Crippen molar-refractivity contribution in [3.63, 3.8) is 0 Å².